The summed E-state index contributed by atoms with van der Waals surface area (Å²) in [5.74, 6) is 0.0128. The second-order valence-corrected chi connectivity index (χ2v) is 7.78. The van der Waals surface area contributed by atoms with Crippen molar-refractivity contribution in [3.05, 3.63) is 53.6 Å². The van der Waals surface area contributed by atoms with Gasteiger partial charge in [0.25, 0.3) is 0 Å². The normalized spacial score (nSPS) is 16.4. The van der Waals surface area contributed by atoms with Crippen LogP contribution in [0.5, 0.6) is 5.75 Å². The fourth-order valence-electron chi connectivity index (χ4n) is 3.10. The fourth-order valence-corrected chi connectivity index (χ4v) is 4.03. The molecule has 2 aromatic carbocycles. The molecule has 3 amide bonds. The maximum atomic E-state index is 12.7. The number of aryl methyl sites for hydroxylation is 2. The summed E-state index contributed by atoms with van der Waals surface area (Å²) in [7, 11) is 1.55. The lowest BCUT2D eigenvalue weighted by molar-refractivity contribution is -0.121. The first kappa shape index (κ1) is 19.9. The van der Waals surface area contributed by atoms with E-state index >= 15 is 0 Å². The summed E-state index contributed by atoms with van der Waals surface area (Å²) >= 11 is 1.19. The van der Waals surface area contributed by atoms with Crippen molar-refractivity contribution in [2.75, 3.05) is 23.1 Å². The number of rotatable bonds is 6. The Hall–Kier alpha value is -2.80. The van der Waals surface area contributed by atoms with Gasteiger partial charge in [0.15, 0.2) is 0 Å². The Kier molecular flexibility index (Phi) is 6.04. The molecule has 0 aromatic heterocycles. The van der Waals surface area contributed by atoms with E-state index in [2.05, 4.69) is 5.32 Å². The van der Waals surface area contributed by atoms with Crippen molar-refractivity contribution in [2.45, 2.75) is 25.5 Å². The molecular weight excluding hydrogens is 376 g/mol. The number of benzene rings is 2. The van der Waals surface area contributed by atoms with E-state index in [1.165, 1.54) is 16.7 Å². The van der Waals surface area contributed by atoms with Crippen LogP contribution in [0.4, 0.5) is 11.4 Å². The third-order valence-corrected chi connectivity index (χ3v) is 5.80. The predicted octanol–water partition coefficient (Wildman–Crippen LogP) is 3.32. The number of para-hydroxylation sites is 1. The smallest absolute Gasteiger partial charge is 0.247 e. The maximum absolute atomic E-state index is 12.7. The minimum atomic E-state index is -0.557. The fraction of sp³-hybridized carbons (Fsp3) is 0.286. The van der Waals surface area contributed by atoms with Gasteiger partial charge in [-0.05, 0) is 49.2 Å². The number of hydrogen-bond donors (Lipinski definition) is 1. The number of thioether (sulfide) groups is 1. The van der Waals surface area contributed by atoms with Crippen LogP contribution in [0.15, 0.2) is 42.5 Å². The lowest BCUT2D eigenvalue weighted by atomic mass is 10.1. The van der Waals surface area contributed by atoms with Gasteiger partial charge in [-0.2, -0.15) is 0 Å². The molecule has 0 saturated carbocycles. The van der Waals surface area contributed by atoms with Crippen molar-refractivity contribution in [1.82, 2.24) is 0 Å². The van der Waals surface area contributed by atoms with Gasteiger partial charge in [0.05, 0.1) is 23.8 Å². The van der Waals surface area contributed by atoms with E-state index in [-0.39, 0.29) is 29.9 Å². The van der Waals surface area contributed by atoms with E-state index in [0.29, 0.717) is 11.4 Å². The summed E-state index contributed by atoms with van der Waals surface area (Å²) < 4.78 is 5.10. The van der Waals surface area contributed by atoms with Crippen LogP contribution in [0.2, 0.25) is 0 Å². The SMILES string of the molecule is COc1ccc(N2C(=O)C[C@@H](SCC(=O)Nc3c(C)cccc3C)C2=O)cc1. The van der Waals surface area contributed by atoms with Gasteiger partial charge in [0.1, 0.15) is 5.75 Å². The molecule has 1 heterocycles. The molecule has 0 bridgehead atoms. The summed E-state index contributed by atoms with van der Waals surface area (Å²) in [6, 6.07) is 12.6. The average Bonchev–Trinajstić information content (AvgIpc) is 2.96. The Morgan fingerprint density at radius 2 is 1.79 bits per heavy atom. The van der Waals surface area contributed by atoms with Crippen LogP contribution in [0.1, 0.15) is 17.5 Å². The van der Waals surface area contributed by atoms with E-state index in [9.17, 15) is 14.4 Å². The number of hydrogen-bond acceptors (Lipinski definition) is 5. The Morgan fingerprint density at radius 1 is 1.14 bits per heavy atom. The number of imide groups is 1. The maximum Gasteiger partial charge on any atom is 0.247 e. The first-order chi connectivity index (χ1) is 13.4. The quantitative estimate of drug-likeness (QED) is 0.756. The molecule has 1 fully saturated rings. The predicted molar refractivity (Wildman–Crippen MR) is 111 cm³/mol. The average molecular weight is 398 g/mol. The summed E-state index contributed by atoms with van der Waals surface area (Å²) in [5, 5.41) is 2.34. The minimum Gasteiger partial charge on any atom is -0.497 e. The molecule has 0 spiro atoms. The highest BCUT2D eigenvalue weighted by Gasteiger charge is 2.40. The van der Waals surface area contributed by atoms with Crippen LogP contribution in [0.3, 0.4) is 0 Å². The zero-order valence-electron chi connectivity index (χ0n) is 16.0. The lowest BCUT2D eigenvalue weighted by Gasteiger charge is -2.15. The monoisotopic (exact) mass is 398 g/mol. The summed E-state index contributed by atoms with van der Waals surface area (Å²) in [6.45, 7) is 3.86. The third-order valence-electron chi connectivity index (χ3n) is 4.60. The summed E-state index contributed by atoms with van der Waals surface area (Å²) in [6.07, 6.45) is 0.0895. The highest BCUT2D eigenvalue weighted by Crippen LogP contribution is 2.31. The third kappa shape index (κ3) is 4.20. The van der Waals surface area contributed by atoms with Crippen LogP contribution in [-0.4, -0.2) is 35.8 Å². The van der Waals surface area contributed by atoms with Crippen molar-refractivity contribution in [1.29, 1.82) is 0 Å². The molecule has 3 rings (SSSR count). The molecule has 2 aromatic rings. The molecule has 6 nitrogen and oxygen atoms in total. The summed E-state index contributed by atoms with van der Waals surface area (Å²) in [5.41, 5.74) is 3.27. The molecule has 0 unspecified atom stereocenters. The molecule has 1 atom stereocenters. The van der Waals surface area contributed by atoms with Crippen LogP contribution < -0.4 is 15.0 Å². The zero-order chi connectivity index (χ0) is 20.3. The lowest BCUT2D eigenvalue weighted by Crippen LogP contribution is -2.31. The molecule has 7 heteroatoms. The standard InChI is InChI=1S/C21H22N2O4S/c1-13-5-4-6-14(2)20(13)22-18(24)12-28-17-11-19(25)23(21(17)26)15-7-9-16(27-3)10-8-15/h4-10,17H,11-12H2,1-3H3,(H,22,24)/t17-/m1/s1. The molecule has 1 aliphatic rings. The Labute approximate surface area is 168 Å². The molecule has 28 heavy (non-hydrogen) atoms. The van der Waals surface area contributed by atoms with Gasteiger partial charge in [-0.15, -0.1) is 11.8 Å². The van der Waals surface area contributed by atoms with Crippen molar-refractivity contribution < 1.29 is 19.1 Å². The topological polar surface area (TPSA) is 75.7 Å². The van der Waals surface area contributed by atoms with E-state index in [0.717, 1.165) is 16.8 Å². The molecule has 0 radical (unpaired) electrons. The molecule has 1 saturated heterocycles. The number of carbonyl (C=O) groups is 3. The summed E-state index contributed by atoms with van der Waals surface area (Å²) in [4.78, 5) is 38.5. The van der Waals surface area contributed by atoms with Gasteiger partial charge in [-0.3, -0.25) is 14.4 Å². The van der Waals surface area contributed by atoms with Crippen LogP contribution in [-0.2, 0) is 14.4 Å². The van der Waals surface area contributed by atoms with E-state index in [1.54, 1.807) is 31.4 Å². The number of ether oxygens (including phenoxy) is 1. The Morgan fingerprint density at radius 3 is 2.39 bits per heavy atom. The Bertz CT molecular complexity index is 891. The number of anilines is 2. The van der Waals surface area contributed by atoms with Gasteiger partial charge in [0.2, 0.25) is 17.7 Å². The van der Waals surface area contributed by atoms with Crippen LogP contribution in [0, 0.1) is 13.8 Å². The van der Waals surface area contributed by atoms with Gasteiger partial charge >= 0.3 is 0 Å². The van der Waals surface area contributed by atoms with Gasteiger partial charge < -0.3 is 10.1 Å². The van der Waals surface area contributed by atoms with E-state index in [1.807, 2.05) is 32.0 Å². The molecule has 1 aliphatic heterocycles. The first-order valence-corrected chi connectivity index (χ1v) is 9.94. The second-order valence-electron chi connectivity index (χ2n) is 6.58. The molecule has 1 N–H and O–H groups in total. The first-order valence-electron chi connectivity index (χ1n) is 8.89. The number of nitrogens with one attached hydrogen (secondary N) is 1. The number of amides is 3. The van der Waals surface area contributed by atoms with E-state index < -0.39 is 5.25 Å². The van der Waals surface area contributed by atoms with E-state index in [4.69, 9.17) is 4.74 Å². The molecule has 146 valence electrons. The number of nitrogens with zero attached hydrogens (tertiary/aromatic N) is 1. The van der Waals surface area contributed by atoms with Gasteiger partial charge in [-0.1, -0.05) is 18.2 Å². The van der Waals surface area contributed by atoms with Crippen molar-refractivity contribution in [3.8, 4) is 5.75 Å². The zero-order valence-corrected chi connectivity index (χ0v) is 16.8. The van der Waals surface area contributed by atoms with Crippen molar-refractivity contribution in [2.24, 2.45) is 0 Å². The van der Waals surface area contributed by atoms with Gasteiger partial charge in [-0.25, -0.2) is 4.90 Å². The van der Waals surface area contributed by atoms with Gasteiger partial charge in [0, 0.05) is 12.1 Å². The highest BCUT2D eigenvalue weighted by atomic mass is 32.2. The van der Waals surface area contributed by atoms with Crippen LogP contribution >= 0.6 is 11.8 Å². The second kappa shape index (κ2) is 8.48. The molecular formula is C21H22N2O4S. The Balaban J connectivity index is 1.61. The molecule has 0 aliphatic carbocycles. The number of carbonyl (C=O) groups excluding carboxylic acids is 3. The van der Waals surface area contributed by atoms with Crippen molar-refractivity contribution in [3.63, 3.8) is 0 Å². The van der Waals surface area contributed by atoms with Crippen LogP contribution in [0.25, 0.3) is 0 Å². The minimum absolute atomic E-state index is 0.0895. The highest BCUT2D eigenvalue weighted by molar-refractivity contribution is 8.01. The largest absolute Gasteiger partial charge is 0.497 e. The van der Waals surface area contributed by atoms with Crippen molar-refractivity contribution >= 4 is 40.9 Å². The number of methoxy groups -OCH3 is 1.